The fraction of sp³-hybridized carbons (Fsp3) is 0. The molecule has 0 spiro atoms. The van der Waals surface area contributed by atoms with Crippen molar-refractivity contribution in [1.29, 1.82) is 0 Å². The molecule has 11 heavy (non-hydrogen) atoms. The molecule has 0 atom stereocenters. The monoisotopic (exact) mass is 173 g/mol. The lowest BCUT2D eigenvalue weighted by atomic mass is 10.2. The molecule has 0 aromatic heterocycles. The summed E-state index contributed by atoms with van der Waals surface area (Å²) in [5.41, 5.74) is 0.356. The van der Waals surface area contributed by atoms with Gasteiger partial charge in [-0.2, -0.15) is 0 Å². The van der Waals surface area contributed by atoms with Crippen LogP contribution < -0.4 is 0 Å². The summed E-state index contributed by atoms with van der Waals surface area (Å²) in [7, 11) is 0. The number of benzene rings is 1. The third-order valence-electron chi connectivity index (χ3n) is 1.18. The Labute approximate surface area is 67.9 Å². The summed E-state index contributed by atoms with van der Waals surface area (Å²) in [5.74, 6) is -0.524. The van der Waals surface area contributed by atoms with Gasteiger partial charge in [0.1, 0.15) is 5.82 Å². The van der Waals surface area contributed by atoms with Crippen LogP contribution in [-0.4, -0.2) is 11.4 Å². The highest BCUT2D eigenvalue weighted by Gasteiger charge is 2.01. The zero-order valence-electron chi connectivity index (χ0n) is 5.46. The lowest BCUT2D eigenvalue weighted by Gasteiger charge is -1.95. The van der Waals surface area contributed by atoms with Crippen molar-refractivity contribution in [3.05, 3.63) is 34.6 Å². The first kappa shape index (κ1) is 8.01. The van der Waals surface area contributed by atoms with E-state index in [9.17, 15) is 4.39 Å². The van der Waals surface area contributed by atoms with Crippen molar-refractivity contribution >= 4 is 17.8 Å². The molecule has 1 rings (SSSR count). The van der Waals surface area contributed by atoms with Crippen molar-refractivity contribution < 1.29 is 9.60 Å². The van der Waals surface area contributed by atoms with Gasteiger partial charge in [-0.15, -0.1) is 0 Å². The fourth-order valence-electron chi connectivity index (χ4n) is 0.682. The van der Waals surface area contributed by atoms with Crippen molar-refractivity contribution in [2.75, 3.05) is 0 Å². The molecule has 0 amide bonds. The second-order valence-corrected chi connectivity index (χ2v) is 2.27. The molecule has 0 saturated heterocycles. The van der Waals surface area contributed by atoms with E-state index in [-0.39, 0.29) is 5.02 Å². The lowest BCUT2D eigenvalue weighted by molar-refractivity contribution is 0.322. The largest absolute Gasteiger partial charge is 0.411 e. The molecule has 58 valence electrons. The Morgan fingerprint density at radius 1 is 1.55 bits per heavy atom. The number of nitrogens with zero attached hydrogens (tertiary/aromatic N) is 1. The van der Waals surface area contributed by atoms with Crippen molar-refractivity contribution in [1.82, 2.24) is 0 Å². The summed E-state index contributed by atoms with van der Waals surface area (Å²) in [6.45, 7) is 0. The maximum absolute atomic E-state index is 12.6. The van der Waals surface area contributed by atoms with Gasteiger partial charge in [0, 0.05) is 5.56 Å². The normalized spacial score (nSPS) is 10.7. The summed E-state index contributed by atoms with van der Waals surface area (Å²) >= 11 is 5.49. The molecule has 0 unspecified atom stereocenters. The Morgan fingerprint density at radius 2 is 2.27 bits per heavy atom. The first-order valence-electron chi connectivity index (χ1n) is 2.87. The van der Waals surface area contributed by atoms with Gasteiger partial charge in [-0.1, -0.05) is 28.9 Å². The van der Waals surface area contributed by atoms with E-state index in [4.69, 9.17) is 16.8 Å². The maximum Gasteiger partial charge on any atom is 0.142 e. The van der Waals surface area contributed by atoms with Crippen molar-refractivity contribution in [3.63, 3.8) is 0 Å². The molecule has 0 bridgehead atoms. The van der Waals surface area contributed by atoms with Crippen molar-refractivity contribution in [2.45, 2.75) is 0 Å². The molecule has 0 aliphatic carbocycles. The van der Waals surface area contributed by atoms with Crippen LogP contribution in [0.15, 0.2) is 23.4 Å². The van der Waals surface area contributed by atoms with Gasteiger partial charge in [0.25, 0.3) is 0 Å². The summed E-state index contributed by atoms with van der Waals surface area (Å²) in [5, 5.41) is 10.8. The van der Waals surface area contributed by atoms with E-state index in [0.29, 0.717) is 5.56 Å². The highest BCUT2D eigenvalue weighted by atomic mass is 35.5. The van der Waals surface area contributed by atoms with Gasteiger partial charge < -0.3 is 5.21 Å². The molecule has 0 aliphatic rings. The van der Waals surface area contributed by atoms with Crippen LogP contribution in [0.3, 0.4) is 0 Å². The quantitative estimate of drug-likeness (QED) is 0.395. The van der Waals surface area contributed by atoms with Crippen LogP contribution in [0.25, 0.3) is 0 Å². The van der Waals surface area contributed by atoms with Crippen LogP contribution >= 0.6 is 11.6 Å². The Balaban J connectivity index is 3.16. The minimum absolute atomic E-state index is 0.0368. The van der Waals surface area contributed by atoms with Crippen molar-refractivity contribution in [3.8, 4) is 0 Å². The van der Waals surface area contributed by atoms with E-state index in [1.807, 2.05) is 0 Å². The van der Waals surface area contributed by atoms with Crippen LogP contribution in [-0.2, 0) is 0 Å². The number of halogens is 2. The first-order chi connectivity index (χ1) is 5.25. The molecule has 0 aliphatic heterocycles. The highest BCUT2D eigenvalue weighted by molar-refractivity contribution is 6.33. The van der Waals surface area contributed by atoms with Gasteiger partial charge in [-0.05, 0) is 6.07 Å². The SMILES string of the molecule is ON=Cc1cccc(F)c1Cl. The zero-order valence-corrected chi connectivity index (χ0v) is 6.22. The number of hydrogen-bond donors (Lipinski definition) is 1. The fourth-order valence-corrected chi connectivity index (χ4v) is 0.857. The minimum Gasteiger partial charge on any atom is -0.411 e. The van der Waals surface area contributed by atoms with E-state index in [1.165, 1.54) is 12.1 Å². The molecule has 0 heterocycles. The summed E-state index contributed by atoms with van der Waals surface area (Å²) in [6.07, 6.45) is 1.07. The van der Waals surface area contributed by atoms with Gasteiger partial charge >= 0.3 is 0 Å². The first-order valence-corrected chi connectivity index (χ1v) is 3.25. The summed E-state index contributed by atoms with van der Waals surface area (Å²) in [6, 6.07) is 4.26. The Hall–Kier alpha value is -1.09. The van der Waals surface area contributed by atoms with Crippen LogP contribution in [0, 0.1) is 5.82 Å². The zero-order chi connectivity index (χ0) is 8.27. The smallest absolute Gasteiger partial charge is 0.142 e. The second-order valence-electron chi connectivity index (χ2n) is 1.89. The molecular formula is C7H5ClFNO. The average Bonchev–Trinajstić information content (AvgIpc) is 1.99. The van der Waals surface area contributed by atoms with E-state index in [2.05, 4.69) is 5.16 Å². The van der Waals surface area contributed by atoms with Crippen LogP contribution in [0.1, 0.15) is 5.56 Å². The minimum atomic E-state index is -0.524. The standard InChI is InChI=1S/C7H5ClFNO/c8-7-5(4-10-11)2-1-3-6(7)9/h1-4,11H. The number of oxime groups is 1. The predicted molar refractivity (Wildman–Crippen MR) is 40.8 cm³/mol. The van der Waals surface area contributed by atoms with Gasteiger partial charge in [0.2, 0.25) is 0 Å². The Morgan fingerprint density at radius 3 is 2.91 bits per heavy atom. The topological polar surface area (TPSA) is 32.6 Å². The Kier molecular flexibility index (Phi) is 2.44. The number of rotatable bonds is 1. The molecule has 0 fully saturated rings. The molecule has 1 aromatic rings. The molecule has 0 radical (unpaired) electrons. The van der Waals surface area contributed by atoms with Gasteiger partial charge in [0.05, 0.1) is 11.2 Å². The van der Waals surface area contributed by atoms with E-state index >= 15 is 0 Å². The van der Waals surface area contributed by atoms with Gasteiger partial charge in [0.15, 0.2) is 0 Å². The third-order valence-corrected chi connectivity index (χ3v) is 1.58. The van der Waals surface area contributed by atoms with E-state index in [1.54, 1.807) is 6.07 Å². The molecule has 0 saturated carbocycles. The van der Waals surface area contributed by atoms with E-state index < -0.39 is 5.82 Å². The number of hydrogen-bond acceptors (Lipinski definition) is 2. The second kappa shape index (κ2) is 3.34. The van der Waals surface area contributed by atoms with E-state index in [0.717, 1.165) is 6.21 Å². The predicted octanol–water partition coefficient (Wildman–Crippen LogP) is 2.29. The molecular weight excluding hydrogens is 169 g/mol. The summed E-state index contributed by atoms with van der Waals surface area (Å²) < 4.78 is 12.6. The molecule has 1 aromatic carbocycles. The van der Waals surface area contributed by atoms with Crippen LogP contribution in [0.5, 0.6) is 0 Å². The summed E-state index contributed by atoms with van der Waals surface area (Å²) in [4.78, 5) is 0. The molecule has 1 N–H and O–H groups in total. The van der Waals surface area contributed by atoms with Crippen molar-refractivity contribution in [2.24, 2.45) is 5.16 Å². The lowest BCUT2D eigenvalue weighted by Crippen LogP contribution is -1.85. The molecule has 2 nitrogen and oxygen atoms in total. The van der Waals surface area contributed by atoms with Gasteiger partial charge in [-0.25, -0.2) is 4.39 Å². The average molecular weight is 174 g/mol. The molecule has 4 heteroatoms. The maximum atomic E-state index is 12.6. The Bertz CT molecular complexity index is 288. The van der Waals surface area contributed by atoms with Crippen LogP contribution in [0.4, 0.5) is 4.39 Å². The van der Waals surface area contributed by atoms with Crippen LogP contribution in [0.2, 0.25) is 5.02 Å². The van der Waals surface area contributed by atoms with Gasteiger partial charge in [-0.3, -0.25) is 0 Å². The third kappa shape index (κ3) is 1.68. The highest BCUT2D eigenvalue weighted by Crippen LogP contribution is 2.17.